The van der Waals surface area contributed by atoms with Crippen LogP contribution in [-0.4, -0.2) is 24.4 Å². The lowest BCUT2D eigenvalue weighted by Gasteiger charge is -2.12. The van der Waals surface area contributed by atoms with Gasteiger partial charge in [0.25, 0.3) is 10.0 Å². The molecule has 33 heavy (non-hydrogen) atoms. The maximum Gasteiger partial charge on any atom is 0.261 e. The van der Waals surface area contributed by atoms with Crippen molar-refractivity contribution < 1.29 is 17.5 Å². The van der Waals surface area contributed by atoms with Gasteiger partial charge in [0.15, 0.2) is 5.75 Å². The molecule has 0 fully saturated rings. The second kappa shape index (κ2) is 8.02. The first kappa shape index (κ1) is 21.2. The molecule has 0 unspecified atom stereocenters. The number of benzene rings is 3. The quantitative estimate of drug-likeness (QED) is 0.359. The second-order valence-corrected chi connectivity index (χ2v) is 9.42. The second-order valence-electron chi connectivity index (χ2n) is 7.30. The van der Waals surface area contributed by atoms with Gasteiger partial charge in [-0.1, -0.05) is 17.7 Å². The van der Waals surface area contributed by atoms with E-state index in [4.69, 9.17) is 16.3 Å². The van der Waals surface area contributed by atoms with Crippen LogP contribution in [0.5, 0.6) is 11.6 Å². The molecule has 0 saturated carbocycles. The van der Waals surface area contributed by atoms with Crippen LogP contribution in [0.4, 0.5) is 15.8 Å². The molecule has 166 valence electrons. The van der Waals surface area contributed by atoms with E-state index in [1.54, 1.807) is 48.2 Å². The fourth-order valence-corrected chi connectivity index (χ4v) is 4.64. The van der Waals surface area contributed by atoms with Crippen molar-refractivity contribution in [2.24, 2.45) is 4.99 Å². The number of ether oxygens (including phenoxy) is 1. The standard InChI is InChI=1S/C23H16ClFN4O3S/c1-14-20-13-26-21-12-19(33(30,31)28-17-4-2-3-15(24)11-17)9-10-22(21)32-23(20)29(27-14)18-7-5-16(25)6-8-18/h2-13,28H,1H3. The van der Waals surface area contributed by atoms with Gasteiger partial charge in [-0.3, -0.25) is 9.71 Å². The van der Waals surface area contributed by atoms with Gasteiger partial charge in [0.05, 0.1) is 27.5 Å². The maximum atomic E-state index is 13.4. The lowest BCUT2D eigenvalue weighted by molar-refractivity contribution is 0.446. The Bertz CT molecular complexity index is 1520. The van der Waals surface area contributed by atoms with Gasteiger partial charge in [-0.15, -0.1) is 0 Å². The van der Waals surface area contributed by atoms with Gasteiger partial charge < -0.3 is 4.74 Å². The number of sulfonamides is 1. The molecule has 10 heteroatoms. The number of rotatable bonds is 4. The van der Waals surface area contributed by atoms with Crippen LogP contribution in [0.2, 0.25) is 5.02 Å². The van der Waals surface area contributed by atoms with Crippen molar-refractivity contribution in [2.75, 3.05) is 4.72 Å². The Morgan fingerprint density at radius 1 is 1.06 bits per heavy atom. The molecular weight excluding hydrogens is 467 g/mol. The van der Waals surface area contributed by atoms with Crippen molar-refractivity contribution in [1.82, 2.24) is 9.78 Å². The summed E-state index contributed by atoms with van der Waals surface area (Å²) in [7, 11) is -3.88. The monoisotopic (exact) mass is 482 g/mol. The molecule has 0 spiro atoms. The lowest BCUT2D eigenvalue weighted by atomic mass is 10.2. The molecule has 1 aliphatic rings. The molecule has 1 aromatic heterocycles. The third-order valence-electron chi connectivity index (χ3n) is 4.99. The van der Waals surface area contributed by atoms with Gasteiger partial charge in [0, 0.05) is 11.2 Å². The summed E-state index contributed by atoms with van der Waals surface area (Å²) in [6.45, 7) is 1.80. The first-order valence-electron chi connectivity index (χ1n) is 9.80. The first-order chi connectivity index (χ1) is 15.8. The van der Waals surface area contributed by atoms with Gasteiger partial charge in [-0.25, -0.2) is 12.8 Å². The predicted molar refractivity (Wildman–Crippen MR) is 124 cm³/mol. The van der Waals surface area contributed by atoms with E-state index in [-0.39, 0.29) is 10.7 Å². The van der Waals surface area contributed by atoms with Gasteiger partial charge in [0.1, 0.15) is 11.5 Å². The van der Waals surface area contributed by atoms with Crippen molar-refractivity contribution in [3.63, 3.8) is 0 Å². The van der Waals surface area contributed by atoms with Gasteiger partial charge in [0.2, 0.25) is 5.88 Å². The Labute approximate surface area is 194 Å². The molecule has 1 N–H and O–H groups in total. The summed E-state index contributed by atoms with van der Waals surface area (Å²) < 4.78 is 49.3. The minimum Gasteiger partial charge on any atom is -0.436 e. The third-order valence-corrected chi connectivity index (χ3v) is 6.60. The fraction of sp³-hybridized carbons (Fsp3) is 0.0435. The molecule has 3 aromatic carbocycles. The summed E-state index contributed by atoms with van der Waals surface area (Å²) in [4.78, 5) is 4.45. The van der Waals surface area contributed by atoms with Crippen LogP contribution in [0.1, 0.15) is 11.3 Å². The zero-order valence-electron chi connectivity index (χ0n) is 17.2. The molecule has 0 saturated heterocycles. The van der Waals surface area contributed by atoms with E-state index in [9.17, 15) is 12.8 Å². The zero-order valence-corrected chi connectivity index (χ0v) is 18.7. The molecule has 0 radical (unpaired) electrons. The highest BCUT2D eigenvalue weighted by Crippen LogP contribution is 2.39. The van der Waals surface area contributed by atoms with Crippen LogP contribution in [0, 0.1) is 12.7 Å². The number of halogens is 2. The molecule has 5 rings (SSSR count). The highest BCUT2D eigenvalue weighted by atomic mass is 35.5. The molecule has 0 amide bonds. The predicted octanol–water partition coefficient (Wildman–Crippen LogP) is 5.63. The average Bonchev–Trinajstić information content (AvgIpc) is 2.96. The minimum atomic E-state index is -3.88. The van der Waals surface area contributed by atoms with Crippen LogP contribution >= 0.6 is 11.6 Å². The largest absolute Gasteiger partial charge is 0.436 e. The number of fused-ring (bicyclic) bond motifs is 2. The first-order valence-corrected chi connectivity index (χ1v) is 11.7. The van der Waals surface area contributed by atoms with Crippen LogP contribution in [0.15, 0.2) is 76.6 Å². The minimum absolute atomic E-state index is 0.0183. The number of anilines is 1. The summed E-state index contributed by atoms with van der Waals surface area (Å²) in [6.07, 6.45) is 1.57. The fourth-order valence-electron chi connectivity index (χ4n) is 3.38. The van der Waals surface area contributed by atoms with Crippen LogP contribution < -0.4 is 9.46 Å². The van der Waals surface area contributed by atoms with E-state index in [2.05, 4.69) is 14.8 Å². The van der Waals surface area contributed by atoms with Crippen molar-refractivity contribution in [2.45, 2.75) is 11.8 Å². The normalized spacial score (nSPS) is 12.5. The molecule has 0 bridgehead atoms. The van der Waals surface area contributed by atoms with E-state index in [1.165, 1.54) is 36.4 Å². The number of hydrogen-bond donors (Lipinski definition) is 1. The van der Waals surface area contributed by atoms with Gasteiger partial charge in [-0.05, 0) is 67.6 Å². The summed E-state index contributed by atoms with van der Waals surface area (Å²) in [5.74, 6) is 0.394. The van der Waals surface area contributed by atoms with Crippen molar-refractivity contribution in [3.05, 3.63) is 88.8 Å². The SMILES string of the molecule is Cc1nn(-c2ccc(F)cc2)c2c1C=Nc1cc(S(=O)(=O)Nc3cccc(Cl)c3)ccc1O2. The Morgan fingerprint density at radius 3 is 2.61 bits per heavy atom. The number of hydrogen-bond acceptors (Lipinski definition) is 5. The third kappa shape index (κ3) is 4.08. The summed E-state index contributed by atoms with van der Waals surface area (Å²) in [6, 6.07) is 16.7. The molecule has 1 aliphatic heterocycles. The molecule has 0 aliphatic carbocycles. The van der Waals surface area contributed by atoms with E-state index < -0.39 is 10.0 Å². The lowest BCUT2D eigenvalue weighted by Crippen LogP contribution is -2.12. The van der Waals surface area contributed by atoms with E-state index in [0.29, 0.717) is 45.0 Å². The topological polar surface area (TPSA) is 85.6 Å². The van der Waals surface area contributed by atoms with Crippen LogP contribution in [0.25, 0.3) is 5.69 Å². The van der Waals surface area contributed by atoms with Crippen molar-refractivity contribution >= 4 is 39.2 Å². The summed E-state index contributed by atoms with van der Waals surface area (Å²) in [5.41, 5.74) is 2.59. The van der Waals surface area contributed by atoms with Gasteiger partial charge in [-0.2, -0.15) is 9.78 Å². The Balaban J connectivity index is 1.51. The molecule has 4 aromatic rings. The highest BCUT2D eigenvalue weighted by Gasteiger charge is 2.23. The number of nitrogens with one attached hydrogen (secondary N) is 1. The summed E-state index contributed by atoms with van der Waals surface area (Å²) in [5, 5.41) is 4.89. The molecule has 7 nitrogen and oxygen atoms in total. The van der Waals surface area contributed by atoms with Gasteiger partial charge >= 0.3 is 0 Å². The molecular formula is C23H16ClFN4O3S. The highest BCUT2D eigenvalue weighted by molar-refractivity contribution is 7.92. The van der Waals surface area contributed by atoms with E-state index >= 15 is 0 Å². The summed E-state index contributed by atoms with van der Waals surface area (Å²) >= 11 is 5.95. The number of aromatic nitrogens is 2. The maximum absolute atomic E-state index is 13.4. The molecule has 0 atom stereocenters. The zero-order chi connectivity index (χ0) is 23.2. The van der Waals surface area contributed by atoms with Crippen molar-refractivity contribution in [1.29, 1.82) is 0 Å². The van der Waals surface area contributed by atoms with E-state index in [1.807, 2.05) is 0 Å². The van der Waals surface area contributed by atoms with Crippen LogP contribution in [0.3, 0.4) is 0 Å². The number of aryl methyl sites for hydroxylation is 1. The number of nitrogens with zero attached hydrogens (tertiary/aromatic N) is 3. The van der Waals surface area contributed by atoms with E-state index in [0.717, 1.165) is 0 Å². The Hall–Kier alpha value is -3.69. The smallest absolute Gasteiger partial charge is 0.261 e. The Kier molecular flexibility index (Phi) is 5.15. The number of aliphatic imine (C=N–C) groups is 1. The van der Waals surface area contributed by atoms with Crippen molar-refractivity contribution in [3.8, 4) is 17.3 Å². The molecule has 2 heterocycles. The average molecular weight is 483 g/mol. The van der Waals surface area contributed by atoms with Crippen LogP contribution in [-0.2, 0) is 10.0 Å². The Morgan fingerprint density at radius 2 is 1.85 bits per heavy atom.